The van der Waals surface area contributed by atoms with Gasteiger partial charge in [0.05, 0.1) is 33.2 Å². The average molecular weight is 933 g/mol. The van der Waals surface area contributed by atoms with Crippen molar-refractivity contribution < 1.29 is 69.6 Å². The molecule has 3 aromatic carbocycles. The Morgan fingerprint density at radius 1 is 0.649 bits per heavy atom. The number of Topliss-reactive ketones (excluding diaryl/α,β-unsaturated/α-hetero) is 1. The number of benzene rings is 3. The van der Waals surface area contributed by atoms with Gasteiger partial charge >= 0.3 is 0 Å². The van der Waals surface area contributed by atoms with Crippen molar-refractivity contribution in [3.63, 3.8) is 0 Å². The summed E-state index contributed by atoms with van der Waals surface area (Å²) in [7, 11) is -26.2. The Morgan fingerprint density at radius 2 is 1.21 bits per heavy atom. The second kappa shape index (κ2) is 15.0. The summed E-state index contributed by atoms with van der Waals surface area (Å²) >= 11 is 11.5. The predicted octanol–water partition coefficient (Wildman–Crippen LogP) is 1.82. The molecule has 32 heteroatoms. The average Bonchev–Trinajstić information content (AvgIpc) is 3.04. The van der Waals surface area contributed by atoms with E-state index in [0.29, 0.717) is 30.3 Å². The number of nitrogens with one attached hydrogen (secondary N) is 4. The fourth-order valence-corrected chi connectivity index (χ4v) is 8.28. The van der Waals surface area contributed by atoms with Gasteiger partial charge in [-0.1, -0.05) is 0 Å². The fraction of sp³-hybridized carbons (Fsp3) is 0. The van der Waals surface area contributed by atoms with Crippen molar-refractivity contribution >= 4 is 126 Å². The van der Waals surface area contributed by atoms with Gasteiger partial charge in [0.2, 0.25) is 22.3 Å². The molecule has 0 unspecified atom stereocenters. The molecule has 1 aliphatic carbocycles. The molecule has 11 N–H and O–H groups in total. The summed E-state index contributed by atoms with van der Waals surface area (Å²) in [6.45, 7) is 0. The van der Waals surface area contributed by atoms with E-state index in [1.807, 2.05) is 10.9 Å². The van der Waals surface area contributed by atoms with Crippen molar-refractivity contribution in [1.82, 2.24) is 15.0 Å². The summed E-state index contributed by atoms with van der Waals surface area (Å²) in [4.78, 5) is 19.5. The van der Waals surface area contributed by atoms with Crippen molar-refractivity contribution in [3.8, 4) is 0 Å². The van der Waals surface area contributed by atoms with Crippen molar-refractivity contribution in [2.75, 3.05) is 27.3 Å². The smallest absolute Gasteiger partial charge is 0.296 e. The molecule has 1 heterocycles. The maximum absolute atomic E-state index is 13.9. The number of carbonyl (C=O) groups excluding carboxylic acids is 1. The number of fused-ring (bicyclic) bond motifs is 1. The maximum Gasteiger partial charge on any atom is 0.296 e. The van der Waals surface area contributed by atoms with Gasteiger partial charge in [0.15, 0.2) is 5.71 Å². The number of ketones is 1. The number of rotatable bonds is 12. The summed E-state index contributed by atoms with van der Waals surface area (Å²) in [6, 6.07) is 4.81. The van der Waals surface area contributed by atoms with Crippen molar-refractivity contribution in [3.05, 3.63) is 69.1 Å². The molecule has 0 aliphatic heterocycles. The van der Waals surface area contributed by atoms with Gasteiger partial charge in [-0.25, -0.2) is 0 Å². The monoisotopic (exact) mass is 931 g/mol. The number of hydrogen-bond donors (Lipinski definition) is 10. The largest absolute Gasteiger partial charge is 0.396 e. The van der Waals surface area contributed by atoms with Crippen LogP contribution in [-0.4, -0.2) is 91.3 Å². The molecular formula is C25H19Cl2N9O16S5. The van der Waals surface area contributed by atoms with E-state index in [1.165, 1.54) is 0 Å². The number of hydrazine groups is 1. The van der Waals surface area contributed by atoms with Crippen LogP contribution in [0.25, 0.3) is 6.08 Å². The number of nitrogen functional groups attached to an aromatic ring is 1. The third-order valence-corrected chi connectivity index (χ3v) is 11.9. The van der Waals surface area contributed by atoms with E-state index < -0.39 is 120 Å². The zero-order valence-corrected chi connectivity index (χ0v) is 32.6. The third-order valence-electron chi connectivity index (χ3n) is 7.11. The highest BCUT2D eigenvalue weighted by Crippen LogP contribution is 2.39. The van der Waals surface area contributed by atoms with Crippen LogP contribution in [0.15, 0.2) is 72.1 Å². The van der Waals surface area contributed by atoms with Crippen molar-refractivity contribution in [2.24, 2.45) is 5.10 Å². The van der Waals surface area contributed by atoms with Gasteiger partial charge in [0, 0.05) is 5.69 Å². The SMILES string of the molecule is Nc1c(NNc2cc(S(=O)(=O)O)ccc2S(=O)(=O)O)c(S(=O)(=O)O)cc2c1C(=O)/C(=N\Nc1cc(Nc3nc(Cl)nc(Cl)n3)ccc1S(=O)(=O)O)C(S(=O)(=O)O)=C2. The summed E-state index contributed by atoms with van der Waals surface area (Å²) in [5.41, 5.74) is 5.89. The lowest BCUT2D eigenvalue weighted by Crippen LogP contribution is -2.29. The zero-order chi connectivity index (χ0) is 42.6. The molecule has 1 aliphatic rings. The Labute approximate surface area is 329 Å². The van der Waals surface area contributed by atoms with Crippen LogP contribution in [0, 0.1) is 0 Å². The molecule has 0 atom stereocenters. The van der Waals surface area contributed by atoms with Gasteiger partial charge < -0.3 is 11.1 Å². The summed E-state index contributed by atoms with van der Waals surface area (Å²) < 4.78 is 171. The Morgan fingerprint density at radius 3 is 1.75 bits per heavy atom. The summed E-state index contributed by atoms with van der Waals surface area (Å²) in [6.07, 6.45) is 0.469. The topological polar surface area (TPSA) is 414 Å². The number of anilines is 6. The molecule has 0 bridgehead atoms. The number of halogens is 2. The van der Waals surface area contributed by atoms with E-state index in [9.17, 15) is 69.6 Å². The molecule has 57 heavy (non-hydrogen) atoms. The fourth-order valence-electron chi connectivity index (χ4n) is 4.81. The van der Waals surface area contributed by atoms with Gasteiger partial charge in [-0.15, -0.1) is 0 Å². The van der Waals surface area contributed by atoms with Crippen LogP contribution in [0.4, 0.5) is 34.4 Å². The molecule has 0 fully saturated rings. The van der Waals surface area contributed by atoms with E-state index in [0.717, 1.165) is 18.2 Å². The number of nitrogens with two attached hydrogens (primary N) is 1. The summed E-state index contributed by atoms with van der Waals surface area (Å²) in [5, 5.41) is 5.49. The van der Waals surface area contributed by atoms with Gasteiger partial charge in [-0.3, -0.25) is 43.8 Å². The van der Waals surface area contributed by atoms with Crippen LogP contribution < -0.4 is 27.3 Å². The Hall–Kier alpha value is -5.12. The predicted molar refractivity (Wildman–Crippen MR) is 198 cm³/mol. The molecule has 0 amide bonds. The highest BCUT2D eigenvalue weighted by Gasteiger charge is 2.37. The number of hydrazone groups is 1. The molecule has 25 nitrogen and oxygen atoms in total. The number of hydrogen-bond acceptors (Lipinski definition) is 20. The number of allylic oxidation sites excluding steroid dienone is 1. The van der Waals surface area contributed by atoms with Crippen LogP contribution in [0.3, 0.4) is 0 Å². The maximum atomic E-state index is 13.9. The van der Waals surface area contributed by atoms with E-state index in [4.69, 9.17) is 28.9 Å². The molecule has 0 spiro atoms. The molecule has 1 aromatic heterocycles. The zero-order valence-electron chi connectivity index (χ0n) is 27.0. The number of aromatic nitrogens is 3. The van der Waals surface area contributed by atoms with Gasteiger partial charge in [-0.2, -0.15) is 62.1 Å². The van der Waals surface area contributed by atoms with E-state index >= 15 is 0 Å². The van der Waals surface area contributed by atoms with Crippen LogP contribution >= 0.6 is 23.2 Å². The first-order valence-corrected chi connectivity index (χ1v) is 22.1. The van der Waals surface area contributed by atoms with Crippen LogP contribution in [0.2, 0.25) is 10.6 Å². The molecule has 304 valence electrons. The lowest BCUT2D eigenvalue weighted by Gasteiger charge is -2.23. The number of nitrogens with zero attached hydrogens (tertiary/aromatic N) is 4. The van der Waals surface area contributed by atoms with Gasteiger partial charge in [0.25, 0.3) is 50.6 Å². The van der Waals surface area contributed by atoms with Crippen LogP contribution in [-0.2, 0) is 50.6 Å². The molecule has 0 saturated heterocycles. The normalized spacial score (nSPS) is 14.5. The Bertz CT molecular complexity index is 3040. The number of carbonyl (C=O) groups is 1. The highest BCUT2D eigenvalue weighted by atomic mass is 35.5. The van der Waals surface area contributed by atoms with Gasteiger partial charge in [0.1, 0.15) is 19.6 Å². The van der Waals surface area contributed by atoms with E-state index in [1.54, 1.807) is 0 Å². The first kappa shape index (κ1) is 43.0. The Kier molecular flexibility index (Phi) is 11.3. The third kappa shape index (κ3) is 9.54. The van der Waals surface area contributed by atoms with Crippen LogP contribution in [0.5, 0.6) is 0 Å². The van der Waals surface area contributed by atoms with Crippen molar-refractivity contribution in [2.45, 2.75) is 19.6 Å². The lowest BCUT2D eigenvalue weighted by atomic mass is 9.92. The summed E-state index contributed by atoms with van der Waals surface area (Å²) in [5.74, 6) is -1.81. The quantitative estimate of drug-likeness (QED) is 0.0550. The second-order valence-electron chi connectivity index (χ2n) is 10.9. The molecule has 4 aromatic rings. The minimum Gasteiger partial charge on any atom is -0.396 e. The van der Waals surface area contributed by atoms with Crippen molar-refractivity contribution in [1.29, 1.82) is 0 Å². The minimum atomic E-state index is -5.49. The first-order valence-electron chi connectivity index (χ1n) is 14.1. The van der Waals surface area contributed by atoms with E-state index in [-0.39, 0.29) is 22.2 Å². The molecule has 5 rings (SSSR count). The Balaban J connectivity index is 1.65. The van der Waals surface area contributed by atoms with Crippen LogP contribution in [0.1, 0.15) is 15.9 Å². The molecule has 0 radical (unpaired) electrons. The molecular weight excluding hydrogens is 914 g/mol. The highest BCUT2D eigenvalue weighted by molar-refractivity contribution is 7.91. The van der Waals surface area contributed by atoms with E-state index in [2.05, 4.69) is 30.8 Å². The first-order chi connectivity index (χ1) is 26.1. The van der Waals surface area contributed by atoms with Gasteiger partial charge in [-0.05, 0) is 77.3 Å². The second-order valence-corrected chi connectivity index (χ2v) is 18.5. The molecule has 0 saturated carbocycles. The minimum absolute atomic E-state index is 0.0706. The standard InChI is InChI=1S/C25H19Cl2N9O16S5/c26-23-30-24(27)32-25(31-23)29-10-1-3-14(54(41,42)43)12(7-10)33-36-21-17(57(50,51)52)6-9-5-16(56(47,48)49)20(19(28)18(9)22(21)37)35-34-13-8-11(53(38,39)40)2-4-15(13)55(44,45)46/h1-8,33-35H,28H2,(H,38,39,40)(H,41,42,43)(H,44,45,46)(H,47,48,49)(H,50,51,52)(H,29,30,31,32)/b36-21-. The lowest BCUT2D eigenvalue weighted by molar-refractivity contribution is 0.106.